The first kappa shape index (κ1) is 18.1. The number of furan rings is 1. The number of thiazole rings is 1. The second kappa shape index (κ2) is 7.13. The number of anilines is 1. The number of benzene rings is 3. The molecule has 0 atom stereocenters. The topological polar surface area (TPSA) is 55.1 Å². The molecule has 0 aliphatic carbocycles. The number of nitrogens with zero attached hydrogens (tertiary/aromatic N) is 1. The molecule has 1 amide bonds. The van der Waals surface area contributed by atoms with Crippen molar-refractivity contribution in [3.63, 3.8) is 0 Å². The van der Waals surface area contributed by atoms with Crippen LogP contribution >= 0.6 is 27.3 Å². The van der Waals surface area contributed by atoms with Crippen molar-refractivity contribution in [2.45, 2.75) is 6.92 Å². The molecule has 6 heteroatoms. The van der Waals surface area contributed by atoms with Crippen LogP contribution in [0.5, 0.6) is 0 Å². The van der Waals surface area contributed by atoms with E-state index in [2.05, 4.69) is 21.2 Å². The zero-order chi connectivity index (χ0) is 20.0. The van der Waals surface area contributed by atoms with Crippen molar-refractivity contribution in [3.8, 4) is 10.6 Å². The van der Waals surface area contributed by atoms with Gasteiger partial charge in [-0.05, 0) is 49.4 Å². The molecule has 1 N–H and O–H groups in total. The van der Waals surface area contributed by atoms with Gasteiger partial charge in [-0.15, -0.1) is 11.3 Å². The van der Waals surface area contributed by atoms with Crippen molar-refractivity contribution in [1.82, 2.24) is 4.98 Å². The van der Waals surface area contributed by atoms with Gasteiger partial charge in [-0.3, -0.25) is 4.79 Å². The Bertz CT molecular complexity index is 1350. The Labute approximate surface area is 179 Å². The largest absolute Gasteiger partial charge is 0.451 e. The molecule has 0 aliphatic heterocycles. The Morgan fingerprint density at radius 1 is 1.07 bits per heavy atom. The smallest absolute Gasteiger partial charge is 0.291 e. The minimum absolute atomic E-state index is 0.275. The van der Waals surface area contributed by atoms with E-state index in [1.807, 2.05) is 73.7 Å². The molecule has 142 valence electrons. The number of carbonyl (C=O) groups excluding carboxylic acids is 1. The highest BCUT2D eigenvalue weighted by Crippen LogP contribution is 2.35. The number of fused-ring (bicyclic) bond motifs is 2. The number of aryl methyl sites for hydroxylation is 1. The molecule has 0 spiro atoms. The minimum Gasteiger partial charge on any atom is -0.451 e. The van der Waals surface area contributed by atoms with Gasteiger partial charge in [0, 0.05) is 21.0 Å². The Hall–Kier alpha value is -2.96. The first-order valence-corrected chi connectivity index (χ1v) is 10.7. The van der Waals surface area contributed by atoms with Crippen LogP contribution in [0.2, 0.25) is 0 Å². The second-order valence-electron chi connectivity index (χ2n) is 6.68. The third kappa shape index (κ3) is 3.24. The molecule has 2 aromatic heterocycles. The molecule has 0 unspecified atom stereocenters. The SMILES string of the molecule is Cc1c(C(=O)Nc2ccccc2-c2nc3ccccc3s2)oc2ccc(Br)cc12. The molecule has 29 heavy (non-hydrogen) atoms. The van der Waals surface area contributed by atoms with E-state index in [1.165, 1.54) is 0 Å². The van der Waals surface area contributed by atoms with E-state index >= 15 is 0 Å². The van der Waals surface area contributed by atoms with Gasteiger partial charge in [0.25, 0.3) is 5.91 Å². The van der Waals surface area contributed by atoms with Crippen LogP contribution < -0.4 is 5.32 Å². The van der Waals surface area contributed by atoms with Crippen molar-refractivity contribution in [2.24, 2.45) is 0 Å². The summed E-state index contributed by atoms with van der Waals surface area (Å²) >= 11 is 5.07. The number of rotatable bonds is 3. The van der Waals surface area contributed by atoms with Crippen molar-refractivity contribution in [3.05, 3.63) is 82.5 Å². The number of halogens is 1. The lowest BCUT2D eigenvalue weighted by atomic mass is 10.1. The van der Waals surface area contributed by atoms with E-state index in [0.29, 0.717) is 17.0 Å². The minimum atomic E-state index is -0.275. The highest BCUT2D eigenvalue weighted by atomic mass is 79.9. The summed E-state index contributed by atoms with van der Waals surface area (Å²) in [4.78, 5) is 17.7. The zero-order valence-electron chi connectivity index (χ0n) is 15.4. The number of nitrogens with one attached hydrogen (secondary N) is 1. The number of carbonyl (C=O) groups is 1. The number of hydrogen-bond acceptors (Lipinski definition) is 4. The number of hydrogen-bond donors (Lipinski definition) is 1. The van der Waals surface area contributed by atoms with E-state index in [9.17, 15) is 4.79 Å². The van der Waals surface area contributed by atoms with Crippen molar-refractivity contribution in [1.29, 1.82) is 0 Å². The Morgan fingerprint density at radius 2 is 1.86 bits per heavy atom. The third-order valence-electron chi connectivity index (χ3n) is 4.80. The van der Waals surface area contributed by atoms with Gasteiger partial charge in [0.05, 0.1) is 15.9 Å². The van der Waals surface area contributed by atoms with Gasteiger partial charge in [0.2, 0.25) is 0 Å². The highest BCUT2D eigenvalue weighted by Gasteiger charge is 2.20. The third-order valence-corrected chi connectivity index (χ3v) is 6.37. The van der Waals surface area contributed by atoms with Crippen LogP contribution in [0, 0.1) is 6.92 Å². The lowest BCUT2D eigenvalue weighted by Gasteiger charge is -2.08. The first-order chi connectivity index (χ1) is 14.1. The molecule has 4 nitrogen and oxygen atoms in total. The van der Waals surface area contributed by atoms with Crippen molar-refractivity contribution < 1.29 is 9.21 Å². The van der Waals surface area contributed by atoms with E-state index in [0.717, 1.165) is 36.2 Å². The van der Waals surface area contributed by atoms with Crippen LogP contribution in [-0.4, -0.2) is 10.9 Å². The maximum Gasteiger partial charge on any atom is 0.291 e. The normalized spacial score (nSPS) is 11.2. The fraction of sp³-hybridized carbons (Fsp3) is 0.0435. The summed E-state index contributed by atoms with van der Waals surface area (Å²) in [5.41, 5.74) is 4.05. The number of amides is 1. The van der Waals surface area contributed by atoms with Gasteiger partial charge in [-0.1, -0.05) is 40.2 Å². The first-order valence-electron chi connectivity index (χ1n) is 9.05. The second-order valence-corrected chi connectivity index (χ2v) is 8.63. The highest BCUT2D eigenvalue weighted by molar-refractivity contribution is 9.10. The molecular weight excluding hydrogens is 448 g/mol. The summed E-state index contributed by atoms with van der Waals surface area (Å²) in [6, 6.07) is 21.4. The molecule has 5 rings (SSSR count). The molecule has 0 radical (unpaired) electrons. The molecule has 2 heterocycles. The van der Waals surface area contributed by atoms with E-state index in [1.54, 1.807) is 11.3 Å². The van der Waals surface area contributed by atoms with Gasteiger partial charge in [-0.25, -0.2) is 4.98 Å². The molecule has 0 fully saturated rings. The Morgan fingerprint density at radius 3 is 2.72 bits per heavy atom. The fourth-order valence-electron chi connectivity index (χ4n) is 3.35. The summed E-state index contributed by atoms with van der Waals surface area (Å²) in [5, 5.41) is 4.80. The van der Waals surface area contributed by atoms with Gasteiger partial charge in [-0.2, -0.15) is 0 Å². The van der Waals surface area contributed by atoms with Crippen molar-refractivity contribution >= 4 is 60.0 Å². The lowest BCUT2D eigenvalue weighted by molar-refractivity contribution is 0.0998. The van der Waals surface area contributed by atoms with Crippen LogP contribution in [0.4, 0.5) is 5.69 Å². The van der Waals surface area contributed by atoms with Crippen LogP contribution in [-0.2, 0) is 0 Å². The summed E-state index contributed by atoms with van der Waals surface area (Å²) in [7, 11) is 0. The van der Waals surface area contributed by atoms with Crippen LogP contribution in [0.3, 0.4) is 0 Å². The van der Waals surface area contributed by atoms with Gasteiger partial charge < -0.3 is 9.73 Å². The maximum atomic E-state index is 13.0. The van der Waals surface area contributed by atoms with Gasteiger partial charge in [0.15, 0.2) is 5.76 Å². The predicted octanol–water partition coefficient (Wildman–Crippen LogP) is 7.03. The summed E-state index contributed by atoms with van der Waals surface area (Å²) in [6.07, 6.45) is 0. The number of aromatic nitrogens is 1. The summed E-state index contributed by atoms with van der Waals surface area (Å²) in [5.74, 6) is 0.0422. The van der Waals surface area contributed by atoms with Crippen molar-refractivity contribution in [2.75, 3.05) is 5.32 Å². The number of para-hydroxylation sites is 2. The quantitative estimate of drug-likeness (QED) is 0.313. The average molecular weight is 463 g/mol. The van der Waals surface area contributed by atoms with E-state index < -0.39 is 0 Å². The Balaban J connectivity index is 1.53. The van der Waals surface area contributed by atoms with Crippen LogP contribution in [0.25, 0.3) is 31.8 Å². The maximum absolute atomic E-state index is 13.0. The summed E-state index contributed by atoms with van der Waals surface area (Å²) < 4.78 is 7.90. The molecule has 0 aliphatic rings. The predicted molar refractivity (Wildman–Crippen MR) is 122 cm³/mol. The van der Waals surface area contributed by atoms with Gasteiger partial charge >= 0.3 is 0 Å². The molecule has 5 aromatic rings. The molecule has 0 saturated carbocycles. The Kier molecular flexibility index (Phi) is 4.45. The average Bonchev–Trinajstić information content (AvgIpc) is 3.30. The summed E-state index contributed by atoms with van der Waals surface area (Å²) in [6.45, 7) is 1.90. The van der Waals surface area contributed by atoms with E-state index in [-0.39, 0.29) is 5.91 Å². The zero-order valence-corrected chi connectivity index (χ0v) is 17.8. The van der Waals surface area contributed by atoms with Gasteiger partial charge in [0.1, 0.15) is 10.6 Å². The lowest BCUT2D eigenvalue weighted by Crippen LogP contribution is -2.12. The van der Waals surface area contributed by atoms with E-state index in [4.69, 9.17) is 9.40 Å². The molecule has 0 bridgehead atoms. The molecule has 3 aromatic carbocycles. The fourth-order valence-corrected chi connectivity index (χ4v) is 4.72. The van der Waals surface area contributed by atoms with Crippen LogP contribution in [0.15, 0.2) is 75.6 Å². The molecular formula is C23H15BrN2O2S. The standard InChI is InChI=1S/C23H15BrN2O2S/c1-13-16-12-14(24)10-11-19(16)28-21(13)22(27)25-17-7-3-2-6-15(17)23-26-18-8-4-5-9-20(18)29-23/h2-12H,1H3,(H,25,27). The van der Waals surface area contributed by atoms with Crippen LogP contribution in [0.1, 0.15) is 16.1 Å². The molecule has 0 saturated heterocycles. The monoisotopic (exact) mass is 462 g/mol.